The number of nitrogens with one attached hydrogen (secondary N) is 2. The summed E-state index contributed by atoms with van der Waals surface area (Å²) in [5, 5.41) is 2.42. The Balaban J connectivity index is 1.90. The highest BCUT2D eigenvalue weighted by atomic mass is 32.2. The van der Waals surface area contributed by atoms with Gasteiger partial charge in [-0.2, -0.15) is 4.31 Å². The van der Waals surface area contributed by atoms with Gasteiger partial charge in [0.05, 0.1) is 23.0 Å². The number of ether oxygens (including phenoxy) is 1. The summed E-state index contributed by atoms with van der Waals surface area (Å²) in [6.45, 7) is 1.11. The molecule has 0 bridgehead atoms. The lowest BCUT2D eigenvalue weighted by molar-refractivity contribution is 0.186. The molecule has 9 heteroatoms. The third kappa shape index (κ3) is 3.36. The zero-order valence-electron chi connectivity index (χ0n) is 13.4. The second-order valence-electron chi connectivity index (χ2n) is 5.70. The monoisotopic (exact) mass is 352 g/mol. The van der Waals surface area contributed by atoms with E-state index >= 15 is 0 Å². The summed E-state index contributed by atoms with van der Waals surface area (Å²) in [5.74, 6) is 0.209. The van der Waals surface area contributed by atoms with Crippen molar-refractivity contribution in [2.45, 2.75) is 30.6 Å². The quantitative estimate of drug-likeness (QED) is 0.882. The van der Waals surface area contributed by atoms with Gasteiger partial charge in [-0.15, -0.1) is 0 Å². The second kappa shape index (κ2) is 6.78. The van der Waals surface area contributed by atoms with Crippen molar-refractivity contribution in [1.82, 2.24) is 14.3 Å². The van der Waals surface area contributed by atoms with Crippen LogP contribution in [0.2, 0.25) is 0 Å². The van der Waals surface area contributed by atoms with Gasteiger partial charge in [0.1, 0.15) is 0 Å². The van der Waals surface area contributed by atoms with Crippen LogP contribution in [0, 0.1) is 0 Å². The Morgan fingerprint density at radius 2 is 1.96 bits per heavy atom. The number of anilines is 1. The number of aromatic nitrogens is 2. The Hall–Kier alpha value is -2.13. The normalized spacial score (nSPS) is 16.7. The molecule has 3 rings (SSSR count). The van der Waals surface area contributed by atoms with Gasteiger partial charge in [-0.05, 0) is 31.0 Å². The van der Waals surface area contributed by atoms with Crippen LogP contribution < -0.4 is 5.32 Å². The van der Waals surface area contributed by atoms with Crippen molar-refractivity contribution in [3.63, 3.8) is 0 Å². The zero-order chi connectivity index (χ0) is 17.2. The number of hydrogen-bond acceptors (Lipinski definition) is 5. The number of benzene rings is 1. The Bertz CT molecular complexity index is 838. The number of carbonyl (C=O) groups is 1. The number of H-pyrrole nitrogens is 1. The lowest BCUT2D eigenvalue weighted by Crippen LogP contribution is -2.31. The summed E-state index contributed by atoms with van der Waals surface area (Å²) in [5.41, 5.74) is 1.11. The van der Waals surface area contributed by atoms with E-state index in [0.717, 1.165) is 25.7 Å². The van der Waals surface area contributed by atoms with E-state index in [0.29, 0.717) is 24.1 Å². The molecule has 0 unspecified atom stereocenters. The van der Waals surface area contributed by atoms with Crippen LogP contribution in [0.3, 0.4) is 0 Å². The van der Waals surface area contributed by atoms with Crippen LogP contribution in [0.25, 0.3) is 11.0 Å². The summed E-state index contributed by atoms with van der Waals surface area (Å²) >= 11 is 0. The molecule has 0 spiro atoms. The van der Waals surface area contributed by atoms with Gasteiger partial charge in [0, 0.05) is 13.1 Å². The summed E-state index contributed by atoms with van der Waals surface area (Å²) in [6, 6.07) is 4.72. The zero-order valence-corrected chi connectivity index (χ0v) is 14.2. The first-order chi connectivity index (χ1) is 11.5. The molecule has 8 nitrogen and oxygen atoms in total. The number of amides is 1. The minimum Gasteiger partial charge on any atom is -0.453 e. The van der Waals surface area contributed by atoms with E-state index < -0.39 is 16.1 Å². The van der Waals surface area contributed by atoms with E-state index in [9.17, 15) is 13.2 Å². The predicted octanol–water partition coefficient (Wildman–Crippen LogP) is 2.31. The standard InChI is InChI=1S/C15H20N4O4S/c1-23-15(20)18-14-16-12-7-6-11(10-13(12)17-14)24(21,22)19-8-4-2-3-5-9-19/h6-7,10H,2-5,8-9H2,1H3,(H2,16,17,18,20). The molecule has 1 aliphatic rings. The summed E-state index contributed by atoms with van der Waals surface area (Å²) in [7, 11) is -2.27. The lowest BCUT2D eigenvalue weighted by Gasteiger charge is -2.19. The third-order valence-corrected chi connectivity index (χ3v) is 5.96. The topological polar surface area (TPSA) is 104 Å². The summed E-state index contributed by atoms with van der Waals surface area (Å²) in [6.07, 6.45) is 3.26. The third-order valence-electron chi connectivity index (χ3n) is 4.06. The van der Waals surface area contributed by atoms with Crippen LogP contribution in [0.5, 0.6) is 0 Å². The molecule has 24 heavy (non-hydrogen) atoms. The molecular weight excluding hydrogens is 332 g/mol. The van der Waals surface area contributed by atoms with Crippen LogP contribution in [-0.4, -0.2) is 49.0 Å². The number of hydrogen-bond donors (Lipinski definition) is 2. The van der Waals surface area contributed by atoms with E-state index in [-0.39, 0.29) is 10.8 Å². The number of nitrogens with zero attached hydrogens (tertiary/aromatic N) is 2. The maximum Gasteiger partial charge on any atom is 0.413 e. The number of carbonyl (C=O) groups excluding carboxylic acids is 1. The molecule has 2 aromatic rings. The SMILES string of the molecule is COC(=O)Nc1nc2ccc(S(=O)(=O)N3CCCCCC3)cc2[nH]1. The number of aromatic amines is 1. The highest BCUT2D eigenvalue weighted by Gasteiger charge is 2.25. The van der Waals surface area contributed by atoms with E-state index in [1.165, 1.54) is 7.11 Å². The predicted molar refractivity (Wildman–Crippen MR) is 89.3 cm³/mol. The molecular formula is C15H20N4O4S. The summed E-state index contributed by atoms with van der Waals surface area (Å²) < 4.78 is 31.7. The molecule has 1 aromatic heterocycles. The van der Waals surface area contributed by atoms with Crippen molar-refractivity contribution in [2.24, 2.45) is 0 Å². The first-order valence-corrected chi connectivity index (χ1v) is 9.29. The van der Waals surface area contributed by atoms with Gasteiger partial charge in [0.2, 0.25) is 16.0 Å². The Morgan fingerprint density at radius 1 is 1.25 bits per heavy atom. The molecule has 0 radical (unpaired) electrons. The van der Waals surface area contributed by atoms with Gasteiger partial charge in [0.15, 0.2) is 0 Å². The highest BCUT2D eigenvalue weighted by molar-refractivity contribution is 7.89. The Labute approximate surface area is 140 Å². The molecule has 0 saturated carbocycles. The molecule has 0 atom stereocenters. The molecule has 2 N–H and O–H groups in total. The molecule has 1 aliphatic heterocycles. The van der Waals surface area contributed by atoms with Crippen LogP contribution in [0.1, 0.15) is 25.7 Å². The molecule has 1 aromatic carbocycles. The average Bonchev–Trinajstić information content (AvgIpc) is 2.77. The van der Waals surface area contributed by atoms with Crippen molar-refractivity contribution in [1.29, 1.82) is 0 Å². The fraction of sp³-hybridized carbons (Fsp3) is 0.467. The number of fused-ring (bicyclic) bond motifs is 1. The van der Waals surface area contributed by atoms with Crippen LogP contribution in [0.15, 0.2) is 23.1 Å². The first kappa shape index (κ1) is 16.7. The minimum absolute atomic E-state index is 0.209. The second-order valence-corrected chi connectivity index (χ2v) is 7.64. The van der Waals surface area contributed by atoms with E-state index in [1.807, 2.05) is 0 Å². The molecule has 1 saturated heterocycles. The fourth-order valence-corrected chi connectivity index (χ4v) is 4.33. The van der Waals surface area contributed by atoms with Gasteiger partial charge >= 0.3 is 6.09 Å². The van der Waals surface area contributed by atoms with E-state index in [2.05, 4.69) is 20.0 Å². The van der Waals surface area contributed by atoms with Crippen molar-refractivity contribution in [2.75, 3.05) is 25.5 Å². The van der Waals surface area contributed by atoms with Crippen LogP contribution >= 0.6 is 0 Å². The van der Waals surface area contributed by atoms with Gasteiger partial charge in [0.25, 0.3) is 0 Å². The van der Waals surface area contributed by atoms with Crippen LogP contribution in [0.4, 0.5) is 10.7 Å². The number of imidazole rings is 1. The van der Waals surface area contributed by atoms with Crippen molar-refractivity contribution >= 4 is 33.1 Å². The largest absolute Gasteiger partial charge is 0.453 e. The van der Waals surface area contributed by atoms with E-state index in [1.54, 1.807) is 22.5 Å². The Kier molecular flexibility index (Phi) is 4.72. The van der Waals surface area contributed by atoms with Gasteiger partial charge < -0.3 is 9.72 Å². The highest BCUT2D eigenvalue weighted by Crippen LogP contribution is 2.24. The maximum atomic E-state index is 12.8. The number of methoxy groups -OCH3 is 1. The van der Waals surface area contributed by atoms with Gasteiger partial charge in [-0.1, -0.05) is 12.8 Å². The van der Waals surface area contributed by atoms with Crippen LogP contribution in [-0.2, 0) is 14.8 Å². The minimum atomic E-state index is -3.52. The Morgan fingerprint density at radius 3 is 2.62 bits per heavy atom. The number of rotatable bonds is 3. The first-order valence-electron chi connectivity index (χ1n) is 7.85. The molecule has 0 aliphatic carbocycles. The smallest absolute Gasteiger partial charge is 0.413 e. The number of sulfonamides is 1. The maximum absolute atomic E-state index is 12.8. The lowest BCUT2D eigenvalue weighted by atomic mass is 10.2. The van der Waals surface area contributed by atoms with E-state index in [4.69, 9.17) is 0 Å². The fourth-order valence-electron chi connectivity index (χ4n) is 2.79. The van der Waals surface area contributed by atoms with Crippen molar-refractivity contribution in [3.8, 4) is 0 Å². The van der Waals surface area contributed by atoms with Crippen molar-refractivity contribution < 1.29 is 17.9 Å². The average molecular weight is 352 g/mol. The molecule has 1 amide bonds. The van der Waals surface area contributed by atoms with Crippen molar-refractivity contribution in [3.05, 3.63) is 18.2 Å². The molecule has 2 heterocycles. The summed E-state index contributed by atoms with van der Waals surface area (Å²) in [4.78, 5) is 18.5. The van der Waals surface area contributed by atoms with Gasteiger partial charge in [-0.3, -0.25) is 5.32 Å². The molecule has 130 valence electrons. The van der Waals surface area contributed by atoms with Gasteiger partial charge in [-0.25, -0.2) is 18.2 Å². The molecule has 1 fully saturated rings.